The van der Waals surface area contributed by atoms with Gasteiger partial charge in [-0.05, 0) is 23.1 Å². The highest BCUT2D eigenvalue weighted by atomic mass is 35.5. The number of carbonyl (C=O) groups is 2. The molecule has 1 aliphatic rings. The first kappa shape index (κ1) is 22.6. The second-order valence-electron chi connectivity index (χ2n) is 8.50. The molecule has 7 nitrogen and oxygen atoms in total. The number of aromatic nitrogens is 2. The van der Waals surface area contributed by atoms with Gasteiger partial charge in [-0.3, -0.25) is 9.59 Å². The summed E-state index contributed by atoms with van der Waals surface area (Å²) < 4.78 is 22.4. The van der Waals surface area contributed by atoms with Gasteiger partial charge in [-0.1, -0.05) is 38.4 Å². The summed E-state index contributed by atoms with van der Waals surface area (Å²) in [5.74, 6) is -0.841. The zero-order valence-electron chi connectivity index (χ0n) is 17.1. The fraction of sp³-hybridized carbons (Fsp3) is 0.500. The van der Waals surface area contributed by atoms with Gasteiger partial charge in [0, 0.05) is 23.6 Å². The second kappa shape index (κ2) is 8.95. The molecule has 1 unspecified atom stereocenters. The van der Waals surface area contributed by atoms with Crippen LogP contribution in [0.15, 0.2) is 24.4 Å². The molecule has 0 aliphatic carbocycles. The monoisotopic (exact) mass is 453 g/mol. The minimum atomic E-state index is -1.26. The van der Waals surface area contributed by atoms with Crippen molar-refractivity contribution in [2.75, 3.05) is 6.54 Å². The van der Waals surface area contributed by atoms with E-state index in [2.05, 4.69) is 14.1 Å². The molecule has 2 aromatic rings. The van der Waals surface area contributed by atoms with Gasteiger partial charge in [-0.2, -0.15) is 8.75 Å². The smallest absolute Gasteiger partial charge is 0.243 e. The number of alkyl halides is 1. The minimum Gasteiger partial charge on any atom is -0.350 e. The number of nitrogens with zero attached hydrogens (tertiary/aromatic N) is 3. The fourth-order valence-electron chi connectivity index (χ4n) is 3.37. The number of carbonyl (C=O) groups excluding carboxylic acids is 2. The summed E-state index contributed by atoms with van der Waals surface area (Å²) in [6.45, 7) is 5.53. The van der Waals surface area contributed by atoms with Crippen LogP contribution < -0.4 is 11.1 Å². The molecule has 1 aromatic heterocycles. The Morgan fingerprint density at radius 3 is 2.80 bits per heavy atom. The highest BCUT2D eigenvalue weighted by Crippen LogP contribution is 2.27. The van der Waals surface area contributed by atoms with Gasteiger partial charge in [-0.25, -0.2) is 4.39 Å². The van der Waals surface area contributed by atoms with Crippen LogP contribution in [0.3, 0.4) is 0 Å². The van der Waals surface area contributed by atoms with Crippen molar-refractivity contribution in [1.82, 2.24) is 19.0 Å². The Bertz CT molecular complexity index is 918. The summed E-state index contributed by atoms with van der Waals surface area (Å²) in [5.41, 5.74) is 7.80. The molecule has 3 N–H and O–H groups in total. The van der Waals surface area contributed by atoms with Gasteiger partial charge < -0.3 is 16.0 Å². The topological polar surface area (TPSA) is 101 Å². The van der Waals surface area contributed by atoms with Crippen molar-refractivity contribution in [2.45, 2.75) is 52.0 Å². The summed E-state index contributed by atoms with van der Waals surface area (Å²) in [7, 11) is 0. The van der Waals surface area contributed by atoms with E-state index in [9.17, 15) is 14.0 Å². The van der Waals surface area contributed by atoms with Crippen LogP contribution in [0.4, 0.5) is 4.39 Å². The van der Waals surface area contributed by atoms with Gasteiger partial charge in [0.2, 0.25) is 11.8 Å². The molecule has 162 valence electrons. The van der Waals surface area contributed by atoms with Gasteiger partial charge >= 0.3 is 0 Å². The lowest BCUT2D eigenvalue weighted by Crippen LogP contribution is -2.54. The van der Waals surface area contributed by atoms with E-state index < -0.39 is 35.5 Å². The Labute approximate surface area is 184 Å². The van der Waals surface area contributed by atoms with Crippen molar-refractivity contribution >= 4 is 35.1 Å². The third-order valence-corrected chi connectivity index (χ3v) is 5.91. The van der Waals surface area contributed by atoms with Crippen LogP contribution in [-0.4, -0.2) is 50.3 Å². The number of nitrogens with one attached hydrogen (secondary N) is 1. The molecule has 0 bridgehead atoms. The third-order valence-electron chi connectivity index (χ3n) is 5.19. The van der Waals surface area contributed by atoms with Gasteiger partial charge in [0.15, 0.2) is 0 Å². The van der Waals surface area contributed by atoms with Gasteiger partial charge in [0.05, 0.1) is 30.5 Å². The maximum atomic E-state index is 14.1. The van der Waals surface area contributed by atoms with Gasteiger partial charge in [-0.15, -0.1) is 0 Å². The molecule has 1 aromatic carbocycles. The number of hydrogen-bond donors (Lipinski definition) is 2. The number of benzene rings is 1. The molecule has 0 spiro atoms. The van der Waals surface area contributed by atoms with Crippen LogP contribution in [0.2, 0.25) is 5.02 Å². The van der Waals surface area contributed by atoms with Crippen LogP contribution in [0.5, 0.6) is 0 Å². The normalized spacial score (nSPS) is 20.3. The first-order valence-corrected chi connectivity index (χ1v) is 10.7. The molecular formula is C20H25ClFN5O2S. The fourth-order valence-corrected chi connectivity index (χ4v) is 3.99. The molecule has 0 radical (unpaired) electrons. The van der Waals surface area contributed by atoms with E-state index >= 15 is 0 Å². The maximum Gasteiger partial charge on any atom is 0.243 e. The van der Waals surface area contributed by atoms with E-state index in [-0.39, 0.29) is 19.5 Å². The molecule has 1 aliphatic heterocycles. The SMILES string of the molecule is CC(C)(C)[C@@H](N)C(=O)N1C[C@H](F)CC1C(=O)NCc1cc(Cl)ccc1-c1cnsn1. The van der Waals surface area contributed by atoms with Crippen molar-refractivity contribution in [3.63, 3.8) is 0 Å². The van der Waals surface area contributed by atoms with Gasteiger partial charge in [0.1, 0.15) is 17.9 Å². The molecule has 3 atom stereocenters. The highest BCUT2D eigenvalue weighted by Gasteiger charge is 2.43. The lowest BCUT2D eigenvalue weighted by molar-refractivity contribution is -0.141. The largest absolute Gasteiger partial charge is 0.350 e. The number of rotatable bonds is 5. The van der Waals surface area contributed by atoms with Gasteiger partial charge in [0.25, 0.3) is 0 Å². The first-order valence-electron chi connectivity index (χ1n) is 9.62. The summed E-state index contributed by atoms with van der Waals surface area (Å²) >= 11 is 7.20. The van der Waals surface area contributed by atoms with Crippen LogP contribution in [0.1, 0.15) is 32.8 Å². The van der Waals surface area contributed by atoms with Crippen LogP contribution in [0.25, 0.3) is 11.3 Å². The zero-order chi connectivity index (χ0) is 22.1. The quantitative estimate of drug-likeness (QED) is 0.724. The number of likely N-dealkylation sites (tertiary alicyclic amines) is 1. The van der Waals surface area contributed by atoms with Crippen LogP contribution >= 0.6 is 23.3 Å². The molecule has 10 heteroatoms. The molecule has 2 amide bonds. The van der Waals surface area contributed by atoms with Crippen LogP contribution in [0, 0.1) is 5.41 Å². The Morgan fingerprint density at radius 2 is 2.17 bits per heavy atom. The average Bonchev–Trinajstić information content (AvgIpc) is 3.34. The second-order valence-corrected chi connectivity index (χ2v) is 9.49. The van der Waals surface area contributed by atoms with Crippen molar-refractivity contribution in [3.8, 4) is 11.3 Å². The van der Waals surface area contributed by atoms with Crippen molar-refractivity contribution < 1.29 is 14.0 Å². The van der Waals surface area contributed by atoms with E-state index in [4.69, 9.17) is 17.3 Å². The number of nitrogens with two attached hydrogens (primary N) is 1. The molecule has 1 saturated heterocycles. The summed E-state index contributed by atoms with van der Waals surface area (Å²) in [5, 5.41) is 3.33. The van der Waals surface area contributed by atoms with E-state index in [1.807, 2.05) is 26.8 Å². The maximum absolute atomic E-state index is 14.1. The van der Waals surface area contributed by atoms with Crippen LogP contribution in [-0.2, 0) is 16.1 Å². The average molecular weight is 454 g/mol. The van der Waals surface area contributed by atoms with Crippen molar-refractivity contribution in [1.29, 1.82) is 0 Å². The minimum absolute atomic E-state index is 0.0488. The molecule has 30 heavy (non-hydrogen) atoms. The van der Waals surface area contributed by atoms with E-state index in [1.54, 1.807) is 18.3 Å². The van der Waals surface area contributed by atoms with Crippen molar-refractivity contribution in [3.05, 3.63) is 35.0 Å². The Hall–Kier alpha value is -2.10. The number of amides is 2. The first-order chi connectivity index (χ1) is 14.1. The number of halogens is 2. The summed E-state index contributed by atoms with van der Waals surface area (Å²) in [6, 6.07) is 3.56. The molecule has 1 fully saturated rings. The third kappa shape index (κ3) is 4.96. The predicted octanol–water partition coefficient (Wildman–Crippen LogP) is 2.79. The molecule has 3 rings (SSSR count). The number of hydrogen-bond acceptors (Lipinski definition) is 6. The Morgan fingerprint density at radius 1 is 1.43 bits per heavy atom. The zero-order valence-corrected chi connectivity index (χ0v) is 18.6. The predicted molar refractivity (Wildman–Crippen MR) is 115 cm³/mol. The summed E-state index contributed by atoms with van der Waals surface area (Å²) in [4.78, 5) is 26.9. The molecular weight excluding hydrogens is 429 g/mol. The highest BCUT2D eigenvalue weighted by molar-refractivity contribution is 6.99. The molecule has 2 heterocycles. The standard InChI is InChI=1S/C20H25ClFN5O2S/c1-20(2,3)17(23)19(29)27-10-13(22)7-16(27)18(28)24-8-11-6-12(21)4-5-14(11)15-9-25-30-26-15/h4-6,9,13,16-17H,7-8,10,23H2,1-3H3,(H,24,28)/t13-,16?,17+/m1/s1. The van der Waals surface area contributed by atoms with E-state index in [0.29, 0.717) is 10.7 Å². The molecule has 0 saturated carbocycles. The Balaban J connectivity index is 1.74. The van der Waals surface area contributed by atoms with E-state index in [1.165, 1.54) is 4.90 Å². The lowest BCUT2D eigenvalue weighted by Gasteiger charge is -2.32. The summed E-state index contributed by atoms with van der Waals surface area (Å²) in [6.07, 6.45) is 0.324. The van der Waals surface area contributed by atoms with Crippen molar-refractivity contribution in [2.24, 2.45) is 11.1 Å². The lowest BCUT2D eigenvalue weighted by atomic mass is 9.86. The van der Waals surface area contributed by atoms with E-state index in [0.717, 1.165) is 22.9 Å². The Kier molecular flexibility index (Phi) is 6.74.